The maximum absolute atomic E-state index is 12.4. The van der Waals surface area contributed by atoms with Crippen molar-refractivity contribution >= 4 is 34.8 Å². The molecule has 26 heavy (non-hydrogen) atoms. The third-order valence-corrected chi connectivity index (χ3v) is 4.61. The summed E-state index contributed by atoms with van der Waals surface area (Å²) in [5, 5.41) is 14.1. The first-order chi connectivity index (χ1) is 12.3. The van der Waals surface area contributed by atoms with Crippen LogP contribution >= 0.6 is 11.6 Å². The number of benzene rings is 1. The predicted molar refractivity (Wildman–Crippen MR) is 97.1 cm³/mol. The van der Waals surface area contributed by atoms with E-state index < -0.39 is 10.8 Å². The van der Waals surface area contributed by atoms with E-state index in [2.05, 4.69) is 10.3 Å². The van der Waals surface area contributed by atoms with Gasteiger partial charge in [-0.15, -0.1) is 0 Å². The number of fused-ring (bicyclic) bond motifs is 1. The minimum Gasteiger partial charge on any atom is -0.325 e. The molecule has 0 saturated carbocycles. The molecule has 0 radical (unpaired) electrons. The first kappa shape index (κ1) is 17.8. The van der Waals surface area contributed by atoms with Crippen LogP contribution in [0.5, 0.6) is 0 Å². The second-order valence-corrected chi connectivity index (χ2v) is 6.40. The van der Waals surface area contributed by atoms with Crippen molar-refractivity contribution < 1.29 is 14.5 Å². The SMILES string of the molecule is CC1=C(C)C2C=CC(=NC(=O)c3cc(Cl)ccc3[N+](=O)[O-])C=C2NC1=O. The van der Waals surface area contributed by atoms with E-state index in [4.69, 9.17) is 11.6 Å². The number of rotatable bonds is 2. The van der Waals surface area contributed by atoms with Gasteiger partial charge in [0, 0.05) is 28.3 Å². The summed E-state index contributed by atoms with van der Waals surface area (Å²) in [6, 6.07) is 3.72. The Hall–Kier alpha value is -3.06. The van der Waals surface area contributed by atoms with Gasteiger partial charge in [-0.2, -0.15) is 0 Å². The van der Waals surface area contributed by atoms with Gasteiger partial charge in [-0.3, -0.25) is 19.7 Å². The highest BCUT2D eigenvalue weighted by atomic mass is 35.5. The van der Waals surface area contributed by atoms with Gasteiger partial charge in [0.05, 0.1) is 10.6 Å². The second kappa shape index (κ2) is 6.68. The van der Waals surface area contributed by atoms with Gasteiger partial charge in [-0.25, -0.2) is 4.99 Å². The number of carbonyl (C=O) groups excluding carboxylic acids is 2. The number of halogens is 1. The van der Waals surface area contributed by atoms with Crippen molar-refractivity contribution in [3.8, 4) is 0 Å². The molecule has 7 nitrogen and oxygen atoms in total. The second-order valence-electron chi connectivity index (χ2n) is 5.96. The zero-order valence-electron chi connectivity index (χ0n) is 13.9. The highest BCUT2D eigenvalue weighted by Crippen LogP contribution is 2.30. The van der Waals surface area contributed by atoms with Gasteiger partial charge in [0.2, 0.25) is 0 Å². The highest BCUT2D eigenvalue weighted by Gasteiger charge is 2.28. The Balaban J connectivity index is 1.96. The predicted octanol–water partition coefficient (Wildman–Crippen LogP) is 3.37. The van der Waals surface area contributed by atoms with Gasteiger partial charge in [0.25, 0.3) is 17.5 Å². The van der Waals surface area contributed by atoms with E-state index in [0.717, 1.165) is 5.57 Å². The minimum absolute atomic E-state index is 0.0812. The van der Waals surface area contributed by atoms with E-state index in [1.54, 1.807) is 19.1 Å². The Morgan fingerprint density at radius 2 is 2.08 bits per heavy atom. The summed E-state index contributed by atoms with van der Waals surface area (Å²) in [6.45, 7) is 3.63. The standard InChI is InChI=1S/C18H14ClN3O4/c1-9-10(2)17(23)21-15-8-12(4-5-13(9)15)20-18(24)14-7-11(19)3-6-16(14)22(25)26/h3-8,13H,1-2H3,(H,21,23). The topological polar surface area (TPSA) is 102 Å². The minimum atomic E-state index is -0.778. The van der Waals surface area contributed by atoms with E-state index in [0.29, 0.717) is 17.0 Å². The lowest BCUT2D eigenvalue weighted by atomic mass is 9.85. The molecule has 1 atom stereocenters. The van der Waals surface area contributed by atoms with Gasteiger partial charge in [0.15, 0.2) is 0 Å². The van der Waals surface area contributed by atoms with Crippen molar-refractivity contribution in [3.63, 3.8) is 0 Å². The summed E-state index contributed by atoms with van der Waals surface area (Å²) >= 11 is 5.84. The maximum Gasteiger partial charge on any atom is 0.284 e. The molecule has 0 bridgehead atoms. The van der Waals surface area contributed by atoms with Crippen molar-refractivity contribution in [1.29, 1.82) is 0 Å². The Labute approximate surface area is 153 Å². The quantitative estimate of drug-likeness (QED) is 0.636. The van der Waals surface area contributed by atoms with Crippen molar-refractivity contribution in [3.05, 3.63) is 74.0 Å². The van der Waals surface area contributed by atoms with Crippen LogP contribution in [0.25, 0.3) is 0 Å². The fourth-order valence-electron chi connectivity index (χ4n) is 2.81. The molecule has 2 aliphatic rings. The van der Waals surface area contributed by atoms with Crippen LogP contribution in [0.1, 0.15) is 24.2 Å². The van der Waals surface area contributed by atoms with Crippen LogP contribution in [-0.2, 0) is 4.79 Å². The fraction of sp³-hybridized carbons (Fsp3) is 0.167. The summed E-state index contributed by atoms with van der Waals surface area (Å²) in [6.07, 6.45) is 5.07. The maximum atomic E-state index is 12.4. The zero-order chi connectivity index (χ0) is 19.0. The van der Waals surface area contributed by atoms with Crippen molar-refractivity contribution in [1.82, 2.24) is 5.32 Å². The molecule has 1 aliphatic heterocycles. The van der Waals surface area contributed by atoms with Crippen molar-refractivity contribution in [2.24, 2.45) is 10.9 Å². The monoisotopic (exact) mass is 371 g/mol. The van der Waals surface area contributed by atoms with E-state index in [9.17, 15) is 19.7 Å². The molecule has 0 fully saturated rings. The molecular formula is C18H14ClN3O4. The third-order valence-electron chi connectivity index (χ3n) is 4.37. The lowest BCUT2D eigenvalue weighted by Crippen LogP contribution is -2.35. The molecule has 132 valence electrons. The average Bonchev–Trinajstić information content (AvgIpc) is 2.59. The molecule has 1 unspecified atom stereocenters. The lowest BCUT2D eigenvalue weighted by molar-refractivity contribution is -0.385. The third kappa shape index (κ3) is 3.21. The van der Waals surface area contributed by atoms with E-state index >= 15 is 0 Å². The molecule has 0 saturated heterocycles. The molecule has 1 aliphatic carbocycles. The van der Waals surface area contributed by atoms with Crippen molar-refractivity contribution in [2.45, 2.75) is 13.8 Å². The molecule has 0 spiro atoms. The number of allylic oxidation sites excluding steroid dienone is 3. The van der Waals surface area contributed by atoms with Gasteiger partial charge < -0.3 is 5.32 Å². The average molecular weight is 372 g/mol. The van der Waals surface area contributed by atoms with Crippen LogP contribution in [0.2, 0.25) is 5.02 Å². The van der Waals surface area contributed by atoms with Gasteiger partial charge in [-0.1, -0.05) is 23.3 Å². The number of nitro benzene ring substituents is 1. The Morgan fingerprint density at radius 3 is 2.77 bits per heavy atom. The zero-order valence-corrected chi connectivity index (χ0v) is 14.7. The van der Waals surface area contributed by atoms with E-state index in [-0.39, 0.29) is 28.1 Å². The molecule has 3 rings (SSSR count). The lowest BCUT2D eigenvalue weighted by Gasteiger charge is -2.28. The Bertz CT molecular complexity index is 973. The van der Waals surface area contributed by atoms with Crippen LogP contribution in [0.15, 0.2) is 58.3 Å². The number of carbonyl (C=O) groups is 2. The molecule has 2 amide bonds. The normalized spacial score (nSPS) is 20.6. The molecule has 1 aromatic rings. The van der Waals surface area contributed by atoms with Crippen molar-refractivity contribution in [2.75, 3.05) is 0 Å². The van der Waals surface area contributed by atoms with E-state index in [1.165, 1.54) is 18.2 Å². The fourth-order valence-corrected chi connectivity index (χ4v) is 2.98. The molecule has 1 heterocycles. The van der Waals surface area contributed by atoms with Gasteiger partial charge in [-0.05, 0) is 38.1 Å². The van der Waals surface area contributed by atoms with E-state index in [1.807, 2.05) is 13.0 Å². The number of nitrogens with zero attached hydrogens (tertiary/aromatic N) is 2. The van der Waals surface area contributed by atoms with Crippen LogP contribution in [0, 0.1) is 16.0 Å². The summed E-state index contributed by atoms with van der Waals surface area (Å²) in [4.78, 5) is 38.7. The smallest absolute Gasteiger partial charge is 0.284 e. The number of hydrogen-bond acceptors (Lipinski definition) is 4. The van der Waals surface area contributed by atoms with Crippen LogP contribution in [0.3, 0.4) is 0 Å². The molecule has 8 heteroatoms. The molecule has 1 N–H and O–H groups in total. The molecular weight excluding hydrogens is 358 g/mol. The summed E-state index contributed by atoms with van der Waals surface area (Å²) in [5.41, 5.74) is 1.93. The number of nitro groups is 1. The number of amides is 2. The summed E-state index contributed by atoms with van der Waals surface area (Å²) in [7, 11) is 0. The Kier molecular flexibility index (Phi) is 4.56. The first-order valence-corrected chi connectivity index (χ1v) is 8.11. The number of nitrogens with one attached hydrogen (secondary N) is 1. The summed E-state index contributed by atoms with van der Waals surface area (Å²) < 4.78 is 0. The number of aliphatic imine (C=N–C) groups is 1. The molecule has 1 aromatic carbocycles. The Morgan fingerprint density at radius 1 is 1.35 bits per heavy atom. The largest absolute Gasteiger partial charge is 0.325 e. The highest BCUT2D eigenvalue weighted by molar-refractivity contribution is 6.31. The van der Waals surface area contributed by atoms with Crippen LogP contribution in [-0.4, -0.2) is 22.4 Å². The van der Waals surface area contributed by atoms with Crippen LogP contribution < -0.4 is 5.32 Å². The first-order valence-electron chi connectivity index (χ1n) is 7.73. The van der Waals surface area contributed by atoms with Crippen LogP contribution in [0.4, 0.5) is 5.69 Å². The summed E-state index contributed by atoms with van der Waals surface area (Å²) in [5.74, 6) is -1.06. The molecule has 0 aromatic heterocycles. The number of hydrogen-bond donors (Lipinski definition) is 1. The van der Waals surface area contributed by atoms with Gasteiger partial charge in [0.1, 0.15) is 5.56 Å². The van der Waals surface area contributed by atoms with Gasteiger partial charge >= 0.3 is 0 Å².